The Hall–Kier alpha value is -3.79. The molecule has 4 heterocycles. The summed E-state index contributed by atoms with van der Waals surface area (Å²) in [7, 11) is 0. The number of piperazine rings is 1. The van der Waals surface area contributed by atoms with E-state index in [4.69, 9.17) is 10.2 Å². The Morgan fingerprint density at radius 1 is 1.03 bits per heavy atom. The minimum Gasteiger partial charge on any atom is -0.460 e. The van der Waals surface area contributed by atoms with Crippen LogP contribution in [0.1, 0.15) is 5.76 Å². The van der Waals surface area contributed by atoms with E-state index < -0.39 is 0 Å². The molecule has 1 aromatic carbocycles. The summed E-state index contributed by atoms with van der Waals surface area (Å²) >= 11 is 0. The highest BCUT2D eigenvalue weighted by molar-refractivity contribution is 5.86. The first kappa shape index (κ1) is 21.1. The SMILES string of the molecule is Cc1ccc(-c2nc(N)nc3c2ncc(=O)n3CCN2CCN(c3ccc(F)cc3)CC2)o1. The van der Waals surface area contributed by atoms with Crippen LogP contribution in [0, 0.1) is 12.7 Å². The largest absolute Gasteiger partial charge is 0.460 e. The molecule has 1 fully saturated rings. The molecule has 0 bridgehead atoms. The van der Waals surface area contributed by atoms with Gasteiger partial charge in [-0.15, -0.1) is 0 Å². The fraction of sp³-hybridized carbons (Fsp3) is 0.304. The van der Waals surface area contributed by atoms with Crippen LogP contribution in [0.5, 0.6) is 0 Å². The van der Waals surface area contributed by atoms with Crippen molar-refractivity contribution in [3.63, 3.8) is 0 Å². The van der Waals surface area contributed by atoms with E-state index in [0.29, 0.717) is 35.7 Å². The average molecular weight is 449 g/mol. The molecule has 1 aliphatic rings. The monoisotopic (exact) mass is 449 g/mol. The lowest BCUT2D eigenvalue weighted by molar-refractivity contribution is 0.248. The zero-order chi connectivity index (χ0) is 22.9. The summed E-state index contributed by atoms with van der Waals surface area (Å²) in [6.07, 6.45) is 1.29. The molecule has 1 aliphatic heterocycles. The van der Waals surface area contributed by atoms with Gasteiger partial charge >= 0.3 is 0 Å². The summed E-state index contributed by atoms with van der Waals surface area (Å²) in [6.45, 7) is 6.29. The Labute approximate surface area is 189 Å². The van der Waals surface area contributed by atoms with Crippen molar-refractivity contribution < 1.29 is 8.81 Å². The maximum absolute atomic E-state index is 13.2. The van der Waals surface area contributed by atoms with Gasteiger partial charge in [0.2, 0.25) is 5.95 Å². The molecule has 2 N–H and O–H groups in total. The van der Waals surface area contributed by atoms with Crippen molar-refractivity contribution in [2.45, 2.75) is 13.5 Å². The highest BCUT2D eigenvalue weighted by Gasteiger charge is 2.20. The van der Waals surface area contributed by atoms with E-state index in [1.165, 1.54) is 18.3 Å². The quantitative estimate of drug-likeness (QED) is 0.495. The van der Waals surface area contributed by atoms with Crippen LogP contribution in [-0.2, 0) is 6.54 Å². The van der Waals surface area contributed by atoms with E-state index >= 15 is 0 Å². The third kappa shape index (κ3) is 4.29. The Kier molecular flexibility index (Phi) is 5.51. The number of rotatable bonds is 5. The first-order valence-electron chi connectivity index (χ1n) is 10.8. The Bertz CT molecular complexity index is 1340. The predicted octanol–water partition coefficient (Wildman–Crippen LogP) is 2.30. The third-order valence-corrected chi connectivity index (χ3v) is 5.89. The van der Waals surface area contributed by atoms with Crippen LogP contribution >= 0.6 is 0 Å². The van der Waals surface area contributed by atoms with Gasteiger partial charge in [0, 0.05) is 45.0 Å². The molecule has 0 saturated carbocycles. The molecule has 9 nitrogen and oxygen atoms in total. The highest BCUT2D eigenvalue weighted by Crippen LogP contribution is 2.26. The lowest BCUT2D eigenvalue weighted by Gasteiger charge is -2.36. The molecule has 0 unspecified atom stereocenters. The number of furan rings is 1. The molecule has 1 saturated heterocycles. The molecule has 0 atom stereocenters. The number of nitrogens with two attached hydrogens (primary N) is 1. The number of hydrogen-bond acceptors (Lipinski definition) is 8. The van der Waals surface area contributed by atoms with Crippen LogP contribution in [0.4, 0.5) is 16.0 Å². The summed E-state index contributed by atoms with van der Waals surface area (Å²) in [5.41, 5.74) is 8.06. The van der Waals surface area contributed by atoms with E-state index in [2.05, 4.69) is 24.8 Å². The van der Waals surface area contributed by atoms with Crippen LogP contribution in [-0.4, -0.2) is 57.1 Å². The number of hydrogen-bond donors (Lipinski definition) is 1. The molecule has 0 radical (unpaired) electrons. The Morgan fingerprint density at radius 3 is 2.48 bits per heavy atom. The molecule has 33 heavy (non-hydrogen) atoms. The van der Waals surface area contributed by atoms with E-state index in [9.17, 15) is 9.18 Å². The second kappa shape index (κ2) is 8.62. The summed E-state index contributed by atoms with van der Waals surface area (Å²) < 4.78 is 20.5. The van der Waals surface area contributed by atoms with Crippen molar-refractivity contribution in [1.82, 2.24) is 24.4 Å². The summed E-state index contributed by atoms with van der Waals surface area (Å²) in [5, 5.41) is 0. The van der Waals surface area contributed by atoms with Crippen LogP contribution in [0.25, 0.3) is 22.6 Å². The molecule has 5 rings (SSSR count). The van der Waals surface area contributed by atoms with E-state index in [-0.39, 0.29) is 17.3 Å². The van der Waals surface area contributed by atoms with E-state index in [0.717, 1.165) is 37.6 Å². The maximum Gasteiger partial charge on any atom is 0.270 e. The standard InChI is InChI=1S/C23H24FN7O2/c1-15-2-7-18(33-15)20-21-22(28-23(25)27-20)31(19(32)14-26-21)13-10-29-8-11-30(12-9-29)17-5-3-16(24)4-6-17/h2-7,14H,8-13H2,1H3,(H2,25,27,28). The fourth-order valence-electron chi connectivity index (χ4n) is 4.13. The number of nitrogens with zero attached hydrogens (tertiary/aromatic N) is 6. The Balaban J connectivity index is 1.34. The van der Waals surface area contributed by atoms with Crippen LogP contribution in [0.15, 0.2) is 51.8 Å². The molecule has 4 aromatic rings. The predicted molar refractivity (Wildman–Crippen MR) is 123 cm³/mol. The lowest BCUT2D eigenvalue weighted by Crippen LogP contribution is -2.47. The van der Waals surface area contributed by atoms with Gasteiger partial charge in [0.15, 0.2) is 11.4 Å². The second-order valence-electron chi connectivity index (χ2n) is 8.07. The minimum atomic E-state index is -0.243. The maximum atomic E-state index is 13.2. The van der Waals surface area contributed by atoms with E-state index in [1.807, 2.05) is 13.0 Å². The van der Waals surface area contributed by atoms with Crippen LogP contribution in [0.3, 0.4) is 0 Å². The minimum absolute atomic E-state index is 0.0561. The second-order valence-corrected chi connectivity index (χ2v) is 8.07. The highest BCUT2D eigenvalue weighted by atomic mass is 19.1. The lowest BCUT2D eigenvalue weighted by atomic mass is 10.2. The van der Waals surface area contributed by atoms with Crippen LogP contribution < -0.4 is 16.2 Å². The molecule has 3 aromatic heterocycles. The number of benzene rings is 1. The zero-order valence-electron chi connectivity index (χ0n) is 18.2. The molecule has 0 aliphatic carbocycles. The molecular formula is C23H24FN7O2. The smallest absolute Gasteiger partial charge is 0.270 e. The molecule has 10 heteroatoms. The van der Waals surface area contributed by atoms with Crippen molar-refractivity contribution >= 4 is 22.8 Å². The summed E-state index contributed by atoms with van der Waals surface area (Å²) in [5.74, 6) is 1.09. The normalized spacial score (nSPS) is 14.8. The van der Waals surface area contributed by atoms with Gasteiger partial charge in [-0.2, -0.15) is 4.98 Å². The molecular weight excluding hydrogens is 425 g/mol. The van der Waals surface area contributed by atoms with Crippen molar-refractivity contribution in [1.29, 1.82) is 0 Å². The first-order valence-corrected chi connectivity index (χ1v) is 10.8. The molecule has 170 valence electrons. The number of nitrogen functional groups attached to an aromatic ring is 1. The van der Waals surface area contributed by atoms with Crippen molar-refractivity contribution in [2.75, 3.05) is 43.4 Å². The van der Waals surface area contributed by atoms with Gasteiger partial charge in [-0.1, -0.05) is 0 Å². The van der Waals surface area contributed by atoms with Gasteiger partial charge < -0.3 is 15.1 Å². The number of fused-ring (bicyclic) bond motifs is 1. The van der Waals surface area contributed by atoms with Gasteiger partial charge in [-0.05, 0) is 43.3 Å². The zero-order valence-corrected chi connectivity index (χ0v) is 18.2. The van der Waals surface area contributed by atoms with Gasteiger partial charge in [-0.25, -0.2) is 14.4 Å². The van der Waals surface area contributed by atoms with Gasteiger partial charge in [0.25, 0.3) is 5.56 Å². The number of halogens is 1. The van der Waals surface area contributed by atoms with Crippen LogP contribution in [0.2, 0.25) is 0 Å². The molecule has 0 amide bonds. The topological polar surface area (TPSA) is 106 Å². The fourth-order valence-corrected chi connectivity index (χ4v) is 4.13. The number of aryl methyl sites for hydroxylation is 1. The van der Waals surface area contributed by atoms with Crippen molar-refractivity contribution in [2.24, 2.45) is 0 Å². The van der Waals surface area contributed by atoms with E-state index in [1.54, 1.807) is 22.8 Å². The van der Waals surface area contributed by atoms with Gasteiger partial charge in [0.05, 0.1) is 6.20 Å². The Morgan fingerprint density at radius 2 is 1.79 bits per heavy atom. The van der Waals surface area contributed by atoms with Gasteiger partial charge in [-0.3, -0.25) is 14.3 Å². The third-order valence-electron chi connectivity index (χ3n) is 5.89. The first-order chi connectivity index (χ1) is 16.0. The summed E-state index contributed by atoms with van der Waals surface area (Å²) in [4.78, 5) is 30.1. The average Bonchev–Trinajstić information content (AvgIpc) is 3.25. The molecule has 0 spiro atoms. The summed E-state index contributed by atoms with van der Waals surface area (Å²) in [6, 6.07) is 10.2. The number of aromatic nitrogens is 4. The number of anilines is 2. The van der Waals surface area contributed by atoms with Crippen molar-refractivity contribution in [3.05, 3.63) is 64.5 Å². The van der Waals surface area contributed by atoms with Crippen molar-refractivity contribution in [3.8, 4) is 11.5 Å². The van der Waals surface area contributed by atoms with Gasteiger partial charge in [0.1, 0.15) is 22.8 Å².